The number of aryl methyl sites for hydroxylation is 2. The van der Waals surface area contributed by atoms with Crippen LogP contribution in [0.15, 0.2) is 32.3 Å². The summed E-state index contributed by atoms with van der Waals surface area (Å²) in [6.45, 7) is 6.20. The molecule has 0 saturated heterocycles. The smallest absolute Gasteiger partial charge is 0.275 e. The molecule has 0 saturated carbocycles. The van der Waals surface area contributed by atoms with Gasteiger partial charge in [-0.25, -0.2) is 4.98 Å². The number of hydrogen-bond acceptors (Lipinski definition) is 8. The van der Waals surface area contributed by atoms with E-state index in [1.165, 1.54) is 17.2 Å². The zero-order chi connectivity index (χ0) is 24.1. The number of fused-ring (bicyclic) bond motifs is 1. The van der Waals surface area contributed by atoms with E-state index in [0.29, 0.717) is 0 Å². The highest BCUT2D eigenvalue weighted by atomic mass is 16.3. The first-order valence-corrected chi connectivity index (χ1v) is 10.9. The van der Waals surface area contributed by atoms with Crippen molar-refractivity contribution in [2.75, 3.05) is 24.7 Å². The Morgan fingerprint density at radius 1 is 1.27 bits per heavy atom. The van der Waals surface area contributed by atoms with Crippen LogP contribution in [-0.2, 0) is 12.8 Å². The number of hydrogen-bond donors (Lipinski definition) is 3. The van der Waals surface area contributed by atoms with E-state index in [0.717, 1.165) is 36.3 Å². The minimum atomic E-state index is -0.697. The summed E-state index contributed by atoms with van der Waals surface area (Å²) in [6.07, 6.45) is 3.89. The Labute approximate surface area is 191 Å². The first-order valence-electron chi connectivity index (χ1n) is 10.9. The van der Waals surface area contributed by atoms with E-state index in [2.05, 4.69) is 35.5 Å². The first-order chi connectivity index (χ1) is 15.5. The maximum atomic E-state index is 12.5. The normalized spacial score (nSPS) is 16.9. The summed E-state index contributed by atoms with van der Waals surface area (Å²) in [5, 5.41) is 16.6. The Morgan fingerprint density at radius 2 is 1.97 bits per heavy atom. The summed E-state index contributed by atoms with van der Waals surface area (Å²) in [4.78, 5) is 42.4. The third kappa shape index (κ3) is 3.77. The second-order valence-electron chi connectivity index (χ2n) is 9.31. The number of rotatable bonds is 6. The molecule has 1 unspecified atom stereocenters. The summed E-state index contributed by atoms with van der Waals surface area (Å²) in [7, 11) is 3.09. The fourth-order valence-electron chi connectivity index (χ4n) is 4.18. The standard InChI is InChI=1S/C24H28N4O5/c1-6-13-11-12-7-9-24(2,3)22(21(12)33-13)27-16-15(19(30)20(16)31)26-14-8-10-25-17(18(14)29)23(32)28(4)5/h8,10-11,22,27,29H,6-7,9H2,1-5H3,(H,25,26). The number of aromatic hydroxyl groups is 1. The molecule has 1 aliphatic carbocycles. The Kier molecular flexibility index (Phi) is 5.51. The van der Waals surface area contributed by atoms with Gasteiger partial charge in [-0.1, -0.05) is 20.8 Å². The molecular weight excluding hydrogens is 424 g/mol. The Bertz CT molecular complexity index is 1300. The molecule has 2 aromatic heterocycles. The van der Waals surface area contributed by atoms with Crippen LogP contribution in [0.5, 0.6) is 5.75 Å². The average Bonchev–Trinajstić information content (AvgIpc) is 3.20. The van der Waals surface area contributed by atoms with Crippen molar-refractivity contribution in [1.29, 1.82) is 0 Å². The number of nitrogens with one attached hydrogen (secondary N) is 2. The number of aromatic nitrogens is 1. The van der Waals surface area contributed by atoms with Gasteiger partial charge >= 0.3 is 0 Å². The number of carbonyl (C=O) groups is 1. The minimum Gasteiger partial charge on any atom is -0.504 e. The van der Waals surface area contributed by atoms with Crippen LogP contribution in [0, 0.1) is 5.41 Å². The molecule has 4 rings (SSSR count). The van der Waals surface area contributed by atoms with Crippen LogP contribution >= 0.6 is 0 Å². The molecule has 0 spiro atoms. The molecule has 1 aromatic carbocycles. The number of furan rings is 1. The van der Waals surface area contributed by atoms with E-state index >= 15 is 0 Å². The molecule has 9 nitrogen and oxygen atoms in total. The molecule has 0 radical (unpaired) electrons. The third-order valence-corrected chi connectivity index (χ3v) is 6.32. The van der Waals surface area contributed by atoms with Gasteiger partial charge in [-0.3, -0.25) is 14.4 Å². The second kappa shape index (κ2) is 8.06. The Hall–Kier alpha value is -3.62. The zero-order valence-corrected chi connectivity index (χ0v) is 19.4. The van der Waals surface area contributed by atoms with Crippen molar-refractivity contribution < 1.29 is 14.3 Å². The van der Waals surface area contributed by atoms with Gasteiger partial charge < -0.3 is 25.1 Å². The molecule has 3 aromatic rings. The molecule has 0 fully saturated rings. The van der Waals surface area contributed by atoms with Crippen LogP contribution in [0.1, 0.15) is 60.8 Å². The number of pyridine rings is 1. The highest BCUT2D eigenvalue weighted by molar-refractivity contribution is 5.97. The van der Waals surface area contributed by atoms with Crippen molar-refractivity contribution in [1.82, 2.24) is 9.88 Å². The van der Waals surface area contributed by atoms with Crippen molar-refractivity contribution >= 4 is 23.0 Å². The van der Waals surface area contributed by atoms with E-state index in [-0.39, 0.29) is 34.2 Å². The van der Waals surface area contributed by atoms with Gasteiger partial charge in [0.25, 0.3) is 16.8 Å². The lowest BCUT2D eigenvalue weighted by molar-refractivity contribution is 0.0819. The predicted molar refractivity (Wildman–Crippen MR) is 125 cm³/mol. The lowest BCUT2D eigenvalue weighted by Gasteiger charge is -2.38. The van der Waals surface area contributed by atoms with Crippen LogP contribution < -0.4 is 21.5 Å². The lowest BCUT2D eigenvalue weighted by Crippen LogP contribution is -2.41. The SMILES string of the molecule is CCc1cc2c(o1)C(Nc1c(Nc3ccnc(C(=O)N(C)C)c3O)c(=O)c1=O)C(C)(C)CC2. The molecule has 1 aliphatic rings. The summed E-state index contributed by atoms with van der Waals surface area (Å²) < 4.78 is 6.08. The van der Waals surface area contributed by atoms with Crippen molar-refractivity contribution in [3.05, 3.63) is 61.6 Å². The van der Waals surface area contributed by atoms with Gasteiger partial charge in [0.15, 0.2) is 11.4 Å². The van der Waals surface area contributed by atoms with Gasteiger partial charge in [0, 0.05) is 26.7 Å². The number of amides is 1. The van der Waals surface area contributed by atoms with Gasteiger partial charge in [0.2, 0.25) is 0 Å². The van der Waals surface area contributed by atoms with E-state index in [1.807, 2.05) is 6.92 Å². The fourth-order valence-corrected chi connectivity index (χ4v) is 4.18. The molecule has 0 aliphatic heterocycles. The minimum absolute atomic E-state index is 0.0370. The summed E-state index contributed by atoms with van der Waals surface area (Å²) in [6, 6.07) is 3.19. The van der Waals surface area contributed by atoms with Gasteiger partial charge in [0.05, 0.1) is 11.7 Å². The van der Waals surface area contributed by atoms with Crippen molar-refractivity contribution in [2.24, 2.45) is 5.41 Å². The third-order valence-electron chi connectivity index (χ3n) is 6.32. The van der Waals surface area contributed by atoms with Crippen LogP contribution in [-0.4, -0.2) is 35.0 Å². The molecule has 3 N–H and O–H groups in total. The number of anilines is 3. The Morgan fingerprint density at radius 3 is 2.64 bits per heavy atom. The molecule has 2 heterocycles. The van der Waals surface area contributed by atoms with E-state index in [1.54, 1.807) is 14.1 Å². The van der Waals surface area contributed by atoms with Gasteiger partial charge in [-0.05, 0) is 36.0 Å². The highest BCUT2D eigenvalue weighted by Crippen LogP contribution is 2.47. The topological polar surface area (TPSA) is 125 Å². The Balaban J connectivity index is 1.68. The quantitative estimate of drug-likeness (QED) is 0.487. The van der Waals surface area contributed by atoms with Crippen molar-refractivity contribution in [2.45, 2.75) is 46.1 Å². The number of carbonyl (C=O) groups excluding carboxylic acids is 1. The van der Waals surface area contributed by atoms with Gasteiger partial charge in [-0.2, -0.15) is 0 Å². The van der Waals surface area contributed by atoms with Crippen LogP contribution in [0.25, 0.3) is 0 Å². The molecule has 0 bridgehead atoms. The fraction of sp³-hybridized carbons (Fsp3) is 0.417. The molecule has 1 amide bonds. The highest BCUT2D eigenvalue weighted by Gasteiger charge is 2.40. The first kappa shape index (κ1) is 22.6. The van der Waals surface area contributed by atoms with E-state index in [9.17, 15) is 19.5 Å². The molecule has 33 heavy (non-hydrogen) atoms. The maximum Gasteiger partial charge on any atom is 0.275 e. The molecule has 1 atom stereocenters. The van der Waals surface area contributed by atoms with Crippen molar-refractivity contribution in [3.8, 4) is 5.75 Å². The summed E-state index contributed by atoms with van der Waals surface area (Å²) in [5.41, 5.74) is -0.323. The molecule has 9 heteroatoms. The van der Waals surface area contributed by atoms with Gasteiger partial charge in [-0.15, -0.1) is 0 Å². The van der Waals surface area contributed by atoms with E-state index in [4.69, 9.17) is 4.42 Å². The average molecular weight is 453 g/mol. The largest absolute Gasteiger partial charge is 0.504 e. The lowest BCUT2D eigenvalue weighted by atomic mass is 9.73. The van der Waals surface area contributed by atoms with Crippen LogP contribution in [0.3, 0.4) is 0 Å². The van der Waals surface area contributed by atoms with Crippen LogP contribution in [0.4, 0.5) is 17.1 Å². The molecular formula is C24H28N4O5. The van der Waals surface area contributed by atoms with Gasteiger partial charge in [0.1, 0.15) is 22.9 Å². The molecule has 174 valence electrons. The zero-order valence-electron chi connectivity index (χ0n) is 19.4. The van der Waals surface area contributed by atoms with E-state index < -0.39 is 22.5 Å². The number of nitrogens with zero attached hydrogens (tertiary/aromatic N) is 2. The summed E-state index contributed by atoms with van der Waals surface area (Å²) in [5.74, 6) is 0.787. The van der Waals surface area contributed by atoms with Crippen LogP contribution in [0.2, 0.25) is 0 Å². The summed E-state index contributed by atoms with van der Waals surface area (Å²) >= 11 is 0. The monoisotopic (exact) mass is 452 g/mol. The predicted octanol–water partition coefficient (Wildman–Crippen LogP) is 3.11. The second-order valence-corrected chi connectivity index (χ2v) is 9.31. The van der Waals surface area contributed by atoms with Crippen molar-refractivity contribution in [3.63, 3.8) is 0 Å². The maximum absolute atomic E-state index is 12.5.